The van der Waals surface area contributed by atoms with Crippen LogP contribution >= 0.6 is 15.9 Å². The molecule has 0 unspecified atom stereocenters. The van der Waals surface area contributed by atoms with E-state index in [4.69, 9.17) is 9.47 Å². The van der Waals surface area contributed by atoms with Crippen LogP contribution in [0.15, 0.2) is 16.6 Å². The highest BCUT2D eigenvalue weighted by Crippen LogP contribution is 2.36. The maximum atomic E-state index is 5.72. The zero-order valence-electron chi connectivity index (χ0n) is 12.8. The minimum absolute atomic E-state index is 0.690. The lowest BCUT2D eigenvalue weighted by atomic mass is 10.2. The number of nitrogens with one attached hydrogen (secondary N) is 1. The van der Waals surface area contributed by atoms with E-state index in [1.165, 1.54) is 5.56 Å². The molecule has 20 heavy (non-hydrogen) atoms. The minimum Gasteiger partial charge on any atom is -0.493 e. The molecule has 0 aliphatic rings. The van der Waals surface area contributed by atoms with E-state index in [0.29, 0.717) is 6.61 Å². The Labute approximate surface area is 130 Å². The zero-order valence-corrected chi connectivity index (χ0v) is 14.4. The Morgan fingerprint density at radius 3 is 2.65 bits per heavy atom. The normalized spacial score (nSPS) is 10.9. The maximum Gasteiger partial charge on any atom is 0.175 e. The van der Waals surface area contributed by atoms with Gasteiger partial charge in [0.15, 0.2) is 11.5 Å². The summed E-state index contributed by atoms with van der Waals surface area (Å²) in [5.74, 6) is 1.56. The van der Waals surface area contributed by atoms with Gasteiger partial charge in [0, 0.05) is 19.6 Å². The van der Waals surface area contributed by atoms with Gasteiger partial charge in [0.2, 0.25) is 0 Å². The molecule has 0 fully saturated rings. The maximum absolute atomic E-state index is 5.72. The van der Waals surface area contributed by atoms with Crippen molar-refractivity contribution in [1.82, 2.24) is 10.2 Å². The van der Waals surface area contributed by atoms with E-state index in [-0.39, 0.29) is 0 Å². The third-order valence-corrected chi connectivity index (χ3v) is 3.39. The summed E-state index contributed by atoms with van der Waals surface area (Å²) in [6.07, 6.45) is 0.976. The molecule has 114 valence electrons. The molecule has 0 bridgehead atoms. The first-order valence-electron chi connectivity index (χ1n) is 6.93. The summed E-state index contributed by atoms with van der Waals surface area (Å²) in [7, 11) is 5.81. The number of benzene rings is 1. The number of ether oxygens (including phenoxy) is 2. The highest BCUT2D eigenvalue weighted by atomic mass is 79.9. The predicted octanol–water partition coefficient (Wildman–Crippen LogP) is 2.90. The van der Waals surface area contributed by atoms with Gasteiger partial charge in [-0.3, -0.25) is 0 Å². The summed E-state index contributed by atoms with van der Waals surface area (Å²) >= 11 is 3.56. The fourth-order valence-electron chi connectivity index (χ4n) is 1.75. The Hall–Kier alpha value is -0.780. The number of hydrogen-bond acceptors (Lipinski definition) is 4. The summed E-state index contributed by atoms with van der Waals surface area (Å²) in [6.45, 7) is 5.58. The van der Waals surface area contributed by atoms with Crippen LogP contribution in [0, 0.1) is 0 Å². The van der Waals surface area contributed by atoms with E-state index in [9.17, 15) is 0 Å². The molecule has 1 rings (SSSR count). The summed E-state index contributed by atoms with van der Waals surface area (Å²) < 4.78 is 12.1. The fourth-order valence-corrected chi connectivity index (χ4v) is 2.36. The quantitative estimate of drug-likeness (QED) is 0.698. The van der Waals surface area contributed by atoms with E-state index in [0.717, 1.165) is 42.0 Å². The minimum atomic E-state index is 0.690. The Morgan fingerprint density at radius 2 is 2.05 bits per heavy atom. The Balaban J connectivity index is 2.67. The van der Waals surface area contributed by atoms with Crippen molar-refractivity contribution in [3.8, 4) is 11.5 Å². The topological polar surface area (TPSA) is 33.7 Å². The van der Waals surface area contributed by atoms with E-state index in [2.05, 4.69) is 53.2 Å². The summed E-state index contributed by atoms with van der Waals surface area (Å²) in [6, 6.07) is 4.11. The first kappa shape index (κ1) is 17.3. The molecule has 0 heterocycles. The molecule has 4 nitrogen and oxygen atoms in total. The molecule has 5 heteroatoms. The Bertz CT molecular complexity index is 411. The lowest BCUT2D eigenvalue weighted by Crippen LogP contribution is -2.26. The lowest BCUT2D eigenvalue weighted by Gasteiger charge is -2.15. The van der Waals surface area contributed by atoms with E-state index in [1.807, 2.05) is 6.07 Å². The molecule has 0 aliphatic heterocycles. The molecular weight excluding hydrogens is 320 g/mol. The third-order valence-electron chi connectivity index (χ3n) is 2.80. The molecule has 1 aromatic carbocycles. The first-order valence-corrected chi connectivity index (χ1v) is 7.72. The van der Waals surface area contributed by atoms with Crippen LogP contribution in [0.2, 0.25) is 0 Å². The molecule has 0 atom stereocenters. The number of rotatable bonds is 9. The summed E-state index contributed by atoms with van der Waals surface area (Å²) in [5.41, 5.74) is 1.18. The largest absolute Gasteiger partial charge is 0.493 e. The van der Waals surface area contributed by atoms with Crippen molar-refractivity contribution in [3.05, 3.63) is 22.2 Å². The predicted molar refractivity (Wildman–Crippen MR) is 86.7 cm³/mol. The van der Waals surface area contributed by atoms with Crippen molar-refractivity contribution in [3.63, 3.8) is 0 Å². The van der Waals surface area contributed by atoms with Gasteiger partial charge in [0.25, 0.3) is 0 Å². The van der Waals surface area contributed by atoms with Crippen molar-refractivity contribution >= 4 is 15.9 Å². The van der Waals surface area contributed by atoms with Crippen LogP contribution < -0.4 is 14.8 Å². The number of hydrogen-bond donors (Lipinski definition) is 1. The highest BCUT2D eigenvalue weighted by Gasteiger charge is 2.11. The number of nitrogens with zero attached hydrogens (tertiary/aromatic N) is 1. The second-order valence-corrected chi connectivity index (χ2v) is 5.79. The van der Waals surface area contributed by atoms with Crippen molar-refractivity contribution in [2.75, 3.05) is 40.9 Å². The molecule has 1 aromatic rings. The Morgan fingerprint density at radius 1 is 1.30 bits per heavy atom. The molecule has 0 saturated carbocycles. The van der Waals surface area contributed by atoms with Crippen LogP contribution in [-0.4, -0.2) is 45.8 Å². The van der Waals surface area contributed by atoms with Crippen molar-refractivity contribution < 1.29 is 9.47 Å². The second kappa shape index (κ2) is 9.21. The van der Waals surface area contributed by atoms with Gasteiger partial charge >= 0.3 is 0 Å². The van der Waals surface area contributed by atoms with Crippen molar-refractivity contribution in [2.24, 2.45) is 0 Å². The van der Waals surface area contributed by atoms with Gasteiger partial charge in [-0.25, -0.2) is 0 Å². The average Bonchev–Trinajstić information content (AvgIpc) is 2.41. The smallest absolute Gasteiger partial charge is 0.175 e. The lowest BCUT2D eigenvalue weighted by molar-refractivity contribution is 0.292. The van der Waals surface area contributed by atoms with E-state index < -0.39 is 0 Å². The van der Waals surface area contributed by atoms with Crippen LogP contribution in [0.5, 0.6) is 11.5 Å². The van der Waals surface area contributed by atoms with Crippen LogP contribution in [0.4, 0.5) is 0 Å². The van der Waals surface area contributed by atoms with E-state index in [1.54, 1.807) is 7.11 Å². The molecule has 0 radical (unpaired) electrons. The van der Waals surface area contributed by atoms with E-state index >= 15 is 0 Å². The summed E-state index contributed by atoms with van der Waals surface area (Å²) in [5, 5.41) is 3.42. The molecule has 0 saturated heterocycles. The SMILES string of the molecule is CCCOc1c(Br)cc(CNCCN(C)C)cc1OC. The van der Waals surface area contributed by atoms with Crippen molar-refractivity contribution in [2.45, 2.75) is 19.9 Å². The van der Waals surface area contributed by atoms with Gasteiger partial charge in [-0.2, -0.15) is 0 Å². The number of methoxy groups -OCH3 is 1. The van der Waals surface area contributed by atoms with Gasteiger partial charge < -0.3 is 19.7 Å². The average molecular weight is 345 g/mol. The first-order chi connectivity index (χ1) is 9.58. The van der Waals surface area contributed by atoms with Crippen molar-refractivity contribution in [1.29, 1.82) is 0 Å². The fraction of sp³-hybridized carbons (Fsp3) is 0.600. The van der Waals surface area contributed by atoms with Crippen LogP contribution in [0.25, 0.3) is 0 Å². The van der Waals surface area contributed by atoms with Crippen LogP contribution in [0.1, 0.15) is 18.9 Å². The van der Waals surface area contributed by atoms with Gasteiger partial charge in [-0.15, -0.1) is 0 Å². The number of halogens is 1. The molecule has 0 aliphatic carbocycles. The van der Waals surface area contributed by atoms with Crippen LogP contribution in [-0.2, 0) is 6.54 Å². The monoisotopic (exact) mass is 344 g/mol. The number of likely N-dealkylation sites (N-methyl/N-ethyl adjacent to an activating group) is 1. The zero-order chi connectivity index (χ0) is 15.0. The molecule has 0 amide bonds. The van der Waals surface area contributed by atoms with Gasteiger partial charge in [-0.05, 0) is 54.1 Å². The highest BCUT2D eigenvalue weighted by molar-refractivity contribution is 9.10. The molecular formula is C15H25BrN2O2. The molecule has 1 N–H and O–H groups in total. The third kappa shape index (κ3) is 5.69. The second-order valence-electron chi connectivity index (χ2n) is 4.94. The summed E-state index contributed by atoms with van der Waals surface area (Å²) in [4.78, 5) is 2.16. The molecule has 0 spiro atoms. The molecule has 0 aromatic heterocycles. The van der Waals surface area contributed by atoms with Gasteiger partial charge in [-0.1, -0.05) is 6.92 Å². The standard InChI is InChI=1S/C15H25BrN2O2/c1-5-8-20-15-13(16)9-12(10-14(15)19-4)11-17-6-7-18(2)3/h9-10,17H,5-8,11H2,1-4H3. The van der Waals surface area contributed by atoms with Crippen LogP contribution in [0.3, 0.4) is 0 Å². The van der Waals surface area contributed by atoms with Gasteiger partial charge in [0.1, 0.15) is 0 Å². The Kier molecular flexibility index (Phi) is 7.95. The van der Waals surface area contributed by atoms with Gasteiger partial charge in [0.05, 0.1) is 18.2 Å².